The van der Waals surface area contributed by atoms with Gasteiger partial charge in [-0.3, -0.25) is 0 Å². The lowest BCUT2D eigenvalue weighted by atomic mass is 10.2. The van der Waals surface area contributed by atoms with Crippen LogP contribution in [0.2, 0.25) is 0 Å². The van der Waals surface area contributed by atoms with Gasteiger partial charge in [0.05, 0.1) is 17.7 Å². The molecule has 0 bridgehead atoms. The fraction of sp³-hybridized carbons (Fsp3) is 0.455. The van der Waals surface area contributed by atoms with Crippen LogP contribution in [0.5, 0.6) is 5.75 Å². The fourth-order valence-electron chi connectivity index (χ4n) is 1.56. The highest BCUT2D eigenvalue weighted by Crippen LogP contribution is 2.32. The second-order valence-corrected chi connectivity index (χ2v) is 4.88. The highest BCUT2D eigenvalue weighted by Gasteiger charge is 2.19. The SMILES string of the molecule is BrCc1cccc(Br)c1OC1CCOC1. The van der Waals surface area contributed by atoms with Crippen molar-refractivity contribution in [2.45, 2.75) is 17.9 Å². The van der Waals surface area contributed by atoms with Crippen molar-refractivity contribution in [1.29, 1.82) is 0 Å². The number of para-hydroxylation sites is 1. The molecule has 0 saturated carbocycles. The molecule has 1 atom stereocenters. The average molecular weight is 336 g/mol. The molecule has 0 aromatic heterocycles. The maximum atomic E-state index is 5.93. The minimum atomic E-state index is 0.196. The van der Waals surface area contributed by atoms with E-state index in [1.807, 2.05) is 12.1 Å². The minimum Gasteiger partial charge on any atom is -0.486 e. The van der Waals surface area contributed by atoms with Gasteiger partial charge in [0, 0.05) is 17.3 Å². The molecule has 2 rings (SSSR count). The van der Waals surface area contributed by atoms with E-state index in [1.54, 1.807) is 0 Å². The first-order valence-corrected chi connectivity index (χ1v) is 6.80. The number of alkyl halides is 1. The molecule has 0 N–H and O–H groups in total. The highest BCUT2D eigenvalue weighted by atomic mass is 79.9. The summed E-state index contributed by atoms with van der Waals surface area (Å²) in [5.74, 6) is 0.935. The van der Waals surface area contributed by atoms with Gasteiger partial charge in [-0.15, -0.1) is 0 Å². The van der Waals surface area contributed by atoms with Gasteiger partial charge in [-0.05, 0) is 22.0 Å². The van der Waals surface area contributed by atoms with Gasteiger partial charge in [0.25, 0.3) is 0 Å². The predicted molar refractivity (Wildman–Crippen MR) is 66.6 cm³/mol. The molecule has 0 aliphatic carbocycles. The smallest absolute Gasteiger partial charge is 0.138 e. The molecule has 0 amide bonds. The standard InChI is InChI=1S/C11H12Br2O2/c12-6-8-2-1-3-10(13)11(8)15-9-4-5-14-7-9/h1-3,9H,4-7H2. The summed E-state index contributed by atoms with van der Waals surface area (Å²) in [6.45, 7) is 1.50. The lowest BCUT2D eigenvalue weighted by molar-refractivity contribution is 0.140. The van der Waals surface area contributed by atoms with Gasteiger partial charge in [0.2, 0.25) is 0 Å². The molecule has 0 spiro atoms. The molecule has 15 heavy (non-hydrogen) atoms. The average Bonchev–Trinajstić information content (AvgIpc) is 2.74. The lowest BCUT2D eigenvalue weighted by Gasteiger charge is -2.16. The summed E-state index contributed by atoms with van der Waals surface area (Å²) in [4.78, 5) is 0. The monoisotopic (exact) mass is 334 g/mol. The van der Waals surface area contributed by atoms with Crippen LogP contribution >= 0.6 is 31.9 Å². The molecule has 1 saturated heterocycles. The van der Waals surface area contributed by atoms with Gasteiger partial charge >= 0.3 is 0 Å². The lowest BCUT2D eigenvalue weighted by Crippen LogP contribution is -2.16. The number of halogens is 2. The van der Waals surface area contributed by atoms with Crippen LogP contribution in [0.4, 0.5) is 0 Å². The maximum absolute atomic E-state index is 5.93. The van der Waals surface area contributed by atoms with Crippen LogP contribution in [0.1, 0.15) is 12.0 Å². The summed E-state index contributed by atoms with van der Waals surface area (Å²) in [7, 11) is 0. The number of hydrogen-bond acceptors (Lipinski definition) is 2. The third-order valence-electron chi connectivity index (χ3n) is 2.36. The third-order valence-corrected chi connectivity index (χ3v) is 3.59. The Labute approximate surface area is 106 Å². The van der Waals surface area contributed by atoms with Gasteiger partial charge in [-0.2, -0.15) is 0 Å². The van der Waals surface area contributed by atoms with Crippen LogP contribution in [0.15, 0.2) is 22.7 Å². The zero-order valence-electron chi connectivity index (χ0n) is 8.21. The number of ether oxygens (including phenoxy) is 2. The summed E-state index contributed by atoms with van der Waals surface area (Å²) in [6, 6.07) is 6.07. The van der Waals surface area contributed by atoms with E-state index in [2.05, 4.69) is 37.9 Å². The molecule has 1 aromatic carbocycles. The molecule has 1 aliphatic heterocycles. The normalized spacial score (nSPS) is 20.5. The Kier molecular flexibility index (Phi) is 4.05. The second-order valence-electron chi connectivity index (χ2n) is 3.47. The van der Waals surface area contributed by atoms with Crippen molar-refractivity contribution in [2.24, 2.45) is 0 Å². The van der Waals surface area contributed by atoms with Crippen molar-refractivity contribution < 1.29 is 9.47 Å². The van der Waals surface area contributed by atoms with Crippen molar-refractivity contribution in [1.82, 2.24) is 0 Å². The number of rotatable bonds is 3. The summed E-state index contributed by atoms with van der Waals surface area (Å²) < 4.78 is 12.2. The summed E-state index contributed by atoms with van der Waals surface area (Å²) in [5.41, 5.74) is 1.16. The Morgan fingerprint density at radius 3 is 3.00 bits per heavy atom. The van der Waals surface area contributed by atoms with E-state index < -0.39 is 0 Å². The Bertz CT molecular complexity index is 335. The molecule has 4 heteroatoms. The fourth-order valence-corrected chi connectivity index (χ4v) is 2.51. The topological polar surface area (TPSA) is 18.5 Å². The molecule has 2 nitrogen and oxygen atoms in total. The van der Waals surface area contributed by atoms with Gasteiger partial charge in [-0.25, -0.2) is 0 Å². The van der Waals surface area contributed by atoms with Crippen molar-refractivity contribution >= 4 is 31.9 Å². The van der Waals surface area contributed by atoms with Crippen LogP contribution in [0.25, 0.3) is 0 Å². The van der Waals surface area contributed by atoms with Gasteiger partial charge < -0.3 is 9.47 Å². The van der Waals surface area contributed by atoms with E-state index in [-0.39, 0.29) is 6.10 Å². The molecule has 1 aliphatic rings. The molecule has 1 heterocycles. The molecule has 1 unspecified atom stereocenters. The van der Waals surface area contributed by atoms with Gasteiger partial charge in [0.15, 0.2) is 0 Å². The quantitative estimate of drug-likeness (QED) is 0.787. The second kappa shape index (κ2) is 5.32. The van der Waals surface area contributed by atoms with E-state index in [4.69, 9.17) is 9.47 Å². The highest BCUT2D eigenvalue weighted by molar-refractivity contribution is 9.10. The van der Waals surface area contributed by atoms with Crippen molar-refractivity contribution in [2.75, 3.05) is 13.2 Å². The number of benzene rings is 1. The molecular formula is C11H12Br2O2. The largest absolute Gasteiger partial charge is 0.486 e. The Morgan fingerprint density at radius 2 is 2.33 bits per heavy atom. The summed E-state index contributed by atoms with van der Waals surface area (Å²) in [6.07, 6.45) is 1.17. The van der Waals surface area contributed by atoms with Crippen molar-refractivity contribution in [3.63, 3.8) is 0 Å². The van der Waals surface area contributed by atoms with E-state index in [1.165, 1.54) is 0 Å². The van der Waals surface area contributed by atoms with Gasteiger partial charge in [0.1, 0.15) is 11.9 Å². The Morgan fingerprint density at radius 1 is 1.47 bits per heavy atom. The van der Waals surface area contributed by atoms with Crippen LogP contribution in [0.3, 0.4) is 0 Å². The maximum Gasteiger partial charge on any atom is 0.138 e. The molecule has 0 radical (unpaired) electrons. The van der Waals surface area contributed by atoms with Crippen molar-refractivity contribution in [3.8, 4) is 5.75 Å². The molecule has 1 aromatic rings. The zero-order chi connectivity index (χ0) is 10.7. The molecular weight excluding hydrogens is 324 g/mol. The Balaban J connectivity index is 2.17. The minimum absolute atomic E-state index is 0.196. The van der Waals surface area contributed by atoms with Gasteiger partial charge in [-0.1, -0.05) is 28.1 Å². The number of hydrogen-bond donors (Lipinski definition) is 0. The van der Waals surface area contributed by atoms with Crippen LogP contribution in [0, 0.1) is 0 Å². The van der Waals surface area contributed by atoms with Crippen LogP contribution in [-0.4, -0.2) is 19.3 Å². The first kappa shape index (κ1) is 11.4. The Hall–Kier alpha value is -0.0600. The summed E-state index contributed by atoms with van der Waals surface area (Å²) in [5, 5.41) is 0.801. The summed E-state index contributed by atoms with van der Waals surface area (Å²) >= 11 is 6.97. The molecule has 82 valence electrons. The van der Waals surface area contributed by atoms with Crippen molar-refractivity contribution in [3.05, 3.63) is 28.2 Å². The first-order valence-electron chi connectivity index (χ1n) is 4.89. The third kappa shape index (κ3) is 2.74. The molecule has 1 fully saturated rings. The van der Waals surface area contributed by atoms with E-state index in [0.29, 0.717) is 6.61 Å². The van der Waals surface area contributed by atoms with E-state index in [0.717, 1.165) is 34.1 Å². The van der Waals surface area contributed by atoms with Crippen LogP contribution < -0.4 is 4.74 Å². The van der Waals surface area contributed by atoms with Crippen LogP contribution in [-0.2, 0) is 10.1 Å². The predicted octanol–water partition coefficient (Wildman–Crippen LogP) is 3.51. The van der Waals surface area contributed by atoms with E-state index in [9.17, 15) is 0 Å². The first-order chi connectivity index (χ1) is 7.31. The zero-order valence-corrected chi connectivity index (χ0v) is 11.4. The van der Waals surface area contributed by atoms with E-state index >= 15 is 0 Å².